The smallest absolute Gasteiger partial charge is 0.415 e. The first-order valence-electron chi connectivity index (χ1n) is 13.5. The Morgan fingerprint density at radius 2 is 1.66 bits per heavy atom. The lowest BCUT2D eigenvalue weighted by Gasteiger charge is -2.32. The fourth-order valence-corrected chi connectivity index (χ4v) is 5.33. The van der Waals surface area contributed by atoms with Crippen LogP contribution < -0.4 is 4.74 Å². The number of piperazine rings is 1. The molecule has 5 rings (SSSR count). The third kappa shape index (κ3) is 5.80. The van der Waals surface area contributed by atoms with Crippen LogP contribution in [-0.2, 0) is 24.4 Å². The molecule has 2 aromatic carbocycles. The normalized spacial score (nSPS) is 18.6. The van der Waals surface area contributed by atoms with Crippen molar-refractivity contribution >= 4 is 12.0 Å². The maximum Gasteiger partial charge on any atom is 0.415 e. The number of aromatic hydroxyl groups is 1. The van der Waals surface area contributed by atoms with Gasteiger partial charge in [-0.3, -0.25) is 9.69 Å². The maximum atomic E-state index is 13.5. The molecule has 0 unspecified atom stereocenters. The molecule has 38 heavy (non-hydrogen) atoms. The molecule has 2 saturated heterocycles. The highest BCUT2D eigenvalue weighted by Crippen LogP contribution is 2.36. The number of ether oxygens (including phenoxy) is 2. The molecule has 9 heteroatoms. The number of nitrogens with zero attached hydrogens (tertiary/aromatic N) is 4. The summed E-state index contributed by atoms with van der Waals surface area (Å²) in [4.78, 5) is 34.4. The molecule has 9 nitrogen and oxygen atoms in total. The van der Waals surface area contributed by atoms with Gasteiger partial charge in [0.2, 0.25) is 0 Å². The van der Waals surface area contributed by atoms with Gasteiger partial charge in [-0.05, 0) is 41.3 Å². The van der Waals surface area contributed by atoms with Crippen molar-refractivity contribution in [2.75, 3.05) is 59.5 Å². The van der Waals surface area contributed by atoms with Crippen molar-refractivity contribution in [1.82, 2.24) is 19.6 Å². The lowest BCUT2D eigenvalue weighted by Crippen LogP contribution is -2.43. The van der Waals surface area contributed by atoms with Crippen LogP contribution in [0.25, 0.3) is 0 Å². The topological polar surface area (TPSA) is 85.8 Å². The molecule has 3 aliphatic rings. The second-order valence-electron chi connectivity index (χ2n) is 10.9. The molecule has 1 N–H and O–H groups in total. The van der Waals surface area contributed by atoms with Gasteiger partial charge in [0.15, 0.2) is 0 Å². The summed E-state index contributed by atoms with van der Waals surface area (Å²) in [6, 6.07) is 9.58. The number of carbonyl (C=O) groups excluding carboxylic acids is 2. The van der Waals surface area contributed by atoms with Crippen LogP contribution in [0.2, 0.25) is 0 Å². The Morgan fingerprint density at radius 1 is 0.947 bits per heavy atom. The van der Waals surface area contributed by atoms with E-state index in [9.17, 15) is 14.7 Å². The third-order valence-electron chi connectivity index (χ3n) is 7.73. The van der Waals surface area contributed by atoms with Gasteiger partial charge in [0.1, 0.15) is 11.5 Å². The second kappa shape index (κ2) is 11.3. The van der Waals surface area contributed by atoms with Crippen molar-refractivity contribution in [2.24, 2.45) is 0 Å². The van der Waals surface area contributed by atoms with E-state index in [4.69, 9.17) is 9.47 Å². The third-order valence-corrected chi connectivity index (χ3v) is 7.73. The summed E-state index contributed by atoms with van der Waals surface area (Å²) in [7, 11) is 2.16. The molecule has 0 spiro atoms. The zero-order valence-electron chi connectivity index (χ0n) is 22.6. The predicted molar refractivity (Wildman–Crippen MR) is 143 cm³/mol. The van der Waals surface area contributed by atoms with Crippen molar-refractivity contribution in [3.8, 4) is 11.5 Å². The molecule has 0 saturated carbocycles. The molecule has 2 fully saturated rings. The number of phenols is 1. The molecule has 0 aromatic heterocycles. The Hall–Kier alpha value is -3.14. The first-order valence-corrected chi connectivity index (χ1v) is 13.5. The van der Waals surface area contributed by atoms with Crippen LogP contribution in [0.15, 0.2) is 30.3 Å². The largest absolute Gasteiger partial charge is 0.507 e. The number of fused-ring (bicyclic) bond motifs is 1. The quantitative estimate of drug-likeness (QED) is 0.645. The van der Waals surface area contributed by atoms with Gasteiger partial charge in [-0.1, -0.05) is 32.0 Å². The summed E-state index contributed by atoms with van der Waals surface area (Å²) in [5.41, 5.74) is 4.49. The van der Waals surface area contributed by atoms with Crippen molar-refractivity contribution < 1.29 is 24.2 Å². The molecule has 0 atom stereocenters. The number of morpholine rings is 1. The molecular formula is C29H38N4O5. The van der Waals surface area contributed by atoms with Gasteiger partial charge in [-0.2, -0.15) is 0 Å². The number of hydrogen-bond donors (Lipinski definition) is 1. The summed E-state index contributed by atoms with van der Waals surface area (Å²) < 4.78 is 11.0. The Balaban J connectivity index is 1.29. The van der Waals surface area contributed by atoms with E-state index in [0.717, 1.165) is 43.9 Å². The minimum atomic E-state index is -0.476. The van der Waals surface area contributed by atoms with E-state index >= 15 is 0 Å². The SMILES string of the molecule is CC(C)c1cc(C(=O)N2Cc3ccc(CN4CCN(C)CC4)cc3C2)c(O)cc1OC(=O)N1CCOCC1. The molecule has 3 heterocycles. The molecule has 204 valence electrons. The van der Waals surface area contributed by atoms with Crippen LogP contribution in [-0.4, -0.2) is 96.2 Å². The zero-order chi connectivity index (χ0) is 26.8. The summed E-state index contributed by atoms with van der Waals surface area (Å²) in [6.45, 7) is 12.0. The Morgan fingerprint density at radius 3 is 2.37 bits per heavy atom. The number of phenolic OH excluding ortho intramolecular Hbond substituents is 1. The maximum absolute atomic E-state index is 13.5. The lowest BCUT2D eigenvalue weighted by molar-refractivity contribution is 0.0414. The highest BCUT2D eigenvalue weighted by molar-refractivity contribution is 5.97. The molecule has 0 aliphatic carbocycles. The highest BCUT2D eigenvalue weighted by Gasteiger charge is 2.29. The fraction of sp³-hybridized carbons (Fsp3) is 0.517. The minimum absolute atomic E-state index is 0.0115. The van der Waals surface area contributed by atoms with Crippen LogP contribution >= 0.6 is 0 Å². The van der Waals surface area contributed by atoms with Gasteiger partial charge >= 0.3 is 6.09 Å². The monoisotopic (exact) mass is 522 g/mol. The van der Waals surface area contributed by atoms with Gasteiger partial charge in [0, 0.05) is 65.0 Å². The summed E-state index contributed by atoms with van der Waals surface area (Å²) in [5, 5.41) is 10.8. The number of likely N-dealkylation sites (N-methyl/N-ethyl adjacent to an activating group) is 1. The van der Waals surface area contributed by atoms with Gasteiger partial charge in [0.05, 0.1) is 18.8 Å². The summed E-state index contributed by atoms with van der Waals surface area (Å²) in [5.74, 6) is -0.144. The van der Waals surface area contributed by atoms with E-state index in [2.05, 4.69) is 35.0 Å². The van der Waals surface area contributed by atoms with Gasteiger partial charge in [-0.15, -0.1) is 0 Å². The van der Waals surface area contributed by atoms with Crippen molar-refractivity contribution in [3.05, 3.63) is 58.1 Å². The molecule has 2 amide bonds. The van der Waals surface area contributed by atoms with Gasteiger partial charge in [0.25, 0.3) is 5.91 Å². The van der Waals surface area contributed by atoms with Crippen molar-refractivity contribution in [1.29, 1.82) is 0 Å². The van der Waals surface area contributed by atoms with Crippen LogP contribution in [0.1, 0.15) is 52.4 Å². The fourth-order valence-electron chi connectivity index (χ4n) is 5.33. The van der Waals surface area contributed by atoms with Gasteiger partial charge < -0.3 is 29.3 Å². The standard InChI is InChI=1S/C29H38N4O5/c1-20(2)24-15-25(26(34)16-27(24)38-29(36)32-10-12-37-13-11-32)28(35)33-18-22-5-4-21(14-23(22)19-33)17-31-8-6-30(3)7-9-31/h4-5,14-16,20,34H,6-13,17-19H2,1-3H3. The Labute approximate surface area is 224 Å². The Kier molecular flexibility index (Phi) is 7.88. The van der Waals surface area contributed by atoms with E-state index in [1.54, 1.807) is 15.9 Å². The minimum Gasteiger partial charge on any atom is -0.507 e. The first-order chi connectivity index (χ1) is 18.3. The summed E-state index contributed by atoms with van der Waals surface area (Å²) in [6.07, 6.45) is -0.476. The van der Waals surface area contributed by atoms with E-state index in [-0.39, 0.29) is 28.9 Å². The number of benzene rings is 2. The number of amides is 2. The number of rotatable bonds is 5. The van der Waals surface area contributed by atoms with Crippen LogP contribution in [0.3, 0.4) is 0 Å². The number of carbonyl (C=O) groups is 2. The van der Waals surface area contributed by atoms with Crippen LogP contribution in [0.5, 0.6) is 11.5 Å². The second-order valence-corrected chi connectivity index (χ2v) is 10.9. The van der Waals surface area contributed by atoms with E-state index in [1.165, 1.54) is 11.6 Å². The van der Waals surface area contributed by atoms with E-state index < -0.39 is 6.09 Å². The Bertz CT molecular complexity index is 1190. The van der Waals surface area contributed by atoms with Crippen LogP contribution in [0.4, 0.5) is 4.79 Å². The van der Waals surface area contributed by atoms with Gasteiger partial charge in [-0.25, -0.2) is 4.79 Å². The summed E-state index contributed by atoms with van der Waals surface area (Å²) >= 11 is 0. The molecule has 0 radical (unpaired) electrons. The molecule has 2 aromatic rings. The first kappa shape index (κ1) is 26.5. The van der Waals surface area contributed by atoms with E-state index in [1.807, 2.05) is 13.8 Å². The predicted octanol–water partition coefficient (Wildman–Crippen LogP) is 3.25. The zero-order valence-corrected chi connectivity index (χ0v) is 22.6. The molecule has 0 bridgehead atoms. The van der Waals surface area contributed by atoms with Crippen molar-refractivity contribution in [3.63, 3.8) is 0 Å². The number of hydrogen-bond acceptors (Lipinski definition) is 7. The highest BCUT2D eigenvalue weighted by atomic mass is 16.6. The lowest BCUT2D eigenvalue weighted by atomic mass is 9.98. The molecule has 3 aliphatic heterocycles. The molecular weight excluding hydrogens is 484 g/mol. The average Bonchev–Trinajstić information content (AvgIpc) is 3.33. The van der Waals surface area contributed by atoms with Crippen molar-refractivity contribution in [2.45, 2.75) is 39.4 Å². The average molecular weight is 523 g/mol. The van der Waals surface area contributed by atoms with E-state index in [0.29, 0.717) is 45.0 Å². The van der Waals surface area contributed by atoms with Crippen LogP contribution in [0, 0.1) is 0 Å².